The van der Waals surface area contributed by atoms with Gasteiger partial charge in [0.25, 0.3) is 0 Å². The fraction of sp³-hybridized carbons (Fsp3) is 0.917. The van der Waals surface area contributed by atoms with E-state index in [2.05, 4.69) is 17.0 Å². The fourth-order valence-electron chi connectivity index (χ4n) is 2.78. The van der Waals surface area contributed by atoms with E-state index in [-0.39, 0.29) is 23.2 Å². The van der Waals surface area contributed by atoms with Crippen LogP contribution in [-0.2, 0) is 9.47 Å². The summed E-state index contributed by atoms with van der Waals surface area (Å²) in [4.78, 5) is 11.0. The van der Waals surface area contributed by atoms with E-state index in [1.807, 2.05) is 20.8 Å². The van der Waals surface area contributed by atoms with E-state index >= 15 is 0 Å². The van der Waals surface area contributed by atoms with Gasteiger partial charge in [0.05, 0.1) is 19.3 Å². The van der Waals surface area contributed by atoms with E-state index in [0.717, 1.165) is 19.4 Å². The molecule has 0 aromatic heterocycles. The van der Waals surface area contributed by atoms with Gasteiger partial charge in [-0.3, -0.25) is 0 Å². The van der Waals surface area contributed by atoms with Crippen molar-refractivity contribution in [1.82, 2.24) is 5.32 Å². The second-order valence-corrected chi connectivity index (χ2v) is 4.81. The van der Waals surface area contributed by atoms with Crippen LogP contribution in [0.15, 0.2) is 0 Å². The minimum atomic E-state index is -0.354. The highest BCUT2D eigenvalue weighted by Gasteiger charge is 2.62. The molecule has 4 nitrogen and oxygen atoms in total. The van der Waals surface area contributed by atoms with Gasteiger partial charge in [0.1, 0.15) is 0 Å². The molecule has 0 spiro atoms. The molecule has 3 aliphatic rings. The lowest BCUT2D eigenvalue weighted by Crippen LogP contribution is -2.54. The third kappa shape index (κ3) is 2.17. The van der Waals surface area contributed by atoms with E-state index < -0.39 is 0 Å². The Balaban J connectivity index is 0.000000606. The number of hydrogen-bond acceptors (Lipinski definition) is 3. The minimum absolute atomic E-state index is 0.0755. The SMILES string of the molecule is CC.COC(=O)NC(C)C12COC(C)(C1)C2. The van der Waals surface area contributed by atoms with Crippen molar-refractivity contribution in [3.05, 3.63) is 0 Å². The van der Waals surface area contributed by atoms with E-state index in [0.29, 0.717) is 0 Å². The second kappa shape index (κ2) is 4.62. The third-order valence-corrected chi connectivity index (χ3v) is 3.60. The molecule has 3 fully saturated rings. The number of hydrogen-bond donors (Lipinski definition) is 1. The maximum atomic E-state index is 11.0. The zero-order valence-electron chi connectivity index (χ0n) is 10.9. The van der Waals surface area contributed by atoms with Gasteiger partial charge in [0.15, 0.2) is 0 Å². The van der Waals surface area contributed by atoms with Crippen LogP contribution in [0.1, 0.15) is 40.5 Å². The summed E-state index contributed by atoms with van der Waals surface area (Å²) in [6.45, 7) is 8.91. The molecule has 4 heteroatoms. The van der Waals surface area contributed by atoms with Crippen molar-refractivity contribution in [2.75, 3.05) is 13.7 Å². The van der Waals surface area contributed by atoms with E-state index in [1.54, 1.807) is 0 Å². The van der Waals surface area contributed by atoms with Gasteiger partial charge in [-0.2, -0.15) is 0 Å². The predicted molar refractivity (Wildman–Crippen MR) is 62.4 cm³/mol. The first-order valence-corrected chi connectivity index (χ1v) is 5.98. The van der Waals surface area contributed by atoms with Crippen LogP contribution < -0.4 is 5.32 Å². The van der Waals surface area contributed by atoms with Gasteiger partial charge in [-0.25, -0.2) is 4.79 Å². The molecular formula is C12H23NO3. The zero-order chi connectivity index (χ0) is 12.4. The monoisotopic (exact) mass is 229 g/mol. The summed E-state index contributed by atoms with van der Waals surface area (Å²) >= 11 is 0. The van der Waals surface area contributed by atoms with Gasteiger partial charge in [0.2, 0.25) is 0 Å². The van der Waals surface area contributed by atoms with Gasteiger partial charge in [-0.05, 0) is 26.7 Å². The summed E-state index contributed by atoms with van der Waals surface area (Å²) in [5, 5.41) is 2.83. The van der Waals surface area contributed by atoms with Crippen molar-refractivity contribution in [3.63, 3.8) is 0 Å². The van der Waals surface area contributed by atoms with Gasteiger partial charge >= 0.3 is 6.09 Å². The Morgan fingerprint density at radius 1 is 1.44 bits per heavy atom. The maximum Gasteiger partial charge on any atom is 0.407 e. The summed E-state index contributed by atoms with van der Waals surface area (Å²) in [7, 11) is 1.38. The zero-order valence-corrected chi connectivity index (χ0v) is 10.9. The van der Waals surface area contributed by atoms with Crippen LogP contribution >= 0.6 is 0 Å². The molecule has 2 saturated heterocycles. The quantitative estimate of drug-likeness (QED) is 0.790. The Morgan fingerprint density at radius 3 is 2.38 bits per heavy atom. The van der Waals surface area contributed by atoms with Crippen LogP contribution in [0, 0.1) is 5.41 Å². The number of amides is 1. The average Bonchev–Trinajstić information content (AvgIpc) is 2.75. The third-order valence-electron chi connectivity index (χ3n) is 3.60. The largest absolute Gasteiger partial charge is 0.453 e. The van der Waals surface area contributed by atoms with E-state index in [9.17, 15) is 4.79 Å². The summed E-state index contributed by atoms with van der Waals surface area (Å²) in [5.74, 6) is 0. The molecule has 1 aliphatic carbocycles. The molecule has 1 N–H and O–H groups in total. The number of carbonyl (C=O) groups excluding carboxylic acids is 1. The number of ether oxygens (including phenoxy) is 2. The highest BCUT2D eigenvalue weighted by Crippen LogP contribution is 2.59. The molecule has 0 aromatic carbocycles. The topological polar surface area (TPSA) is 47.6 Å². The average molecular weight is 229 g/mol. The molecule has 1 unspecified atom stereocenters. The van der Waals surface area contributed by atoms with Crippen LogP contribution in [-0.4, -0.2) is 31.5 Å². The second-order valence-electron chi connectivity index (χ2n) is 4.81. The highest BCUT2D eigenvalue weighted by molar-refractivity contribution is 5.67. The Hall–Kier alpha value is -0.770. The van der Waals surface area contributed by atoms with Gasteiger partial charge in [-0.15, -0.1) is 0 Å². The van der Waals surface area contributed by atoms with Crippen molar-refractivity contribution < 1.29 is 14.3 Å². The van der Waals surface area contributed by atoms with Crippen LogP contribution in [0.3, 0.4) is 0 Å². The Kier molecular flexibility index (Phi) is 3.84. The molecule has 2 heterocycles. The standard InChI is InChI=1S/C10H17NO3.C2H6/c1-7(11-8(12)13-3)10-4-9(2,5-10)14-6-10;1-2/h7H,4-6H2,1-3H3,(H,11,12);1-2H3. The summed E-state index contributed by atoms with van der Waals surface area (Å²) in [5.41, 5.74) is 0.231. The molecule has 1 atom stereocenters. The lowest BCUT2D eigenvalue weighted by Gasteiger charge is -2.46. The molecule has 2 aliphatic heterocycles. The van der Waals surface area contributed by atoms with Gasteiger partial charge < -0.3 is 14.8 Å². The molecule has 1 amide bonds. The summed E-state index contributed by atoms with van der Waals surface area (Å²) in [6, 6.07) is 0.130. The first kappa shape index (κ1) is 13.3. The number of methoxy groups -OCH3 is 1. The van der Waals surface area contributed by atoms with E-state index in [1.165, 1.54) is 7.11 Å². The van der Waals surface area contributed by atoms with Gasteiger partial charge in [0, 0.05) is 11.5 Å². The van der Waals surface area contributed by atoms with Crippen LogP contribution in [0.2, 0.25) is 0 Å². The van der Waals surface area contributed by atoms with E-state index in [4.69, 9.17) is 4.74 Å². The lowest BCUT2D eigenvalue weighted by molar-refractivity contribution is -0.00454. The van der Waals surface area contributed by atoms with Gasteiger partial charge in [-0.1, -0.05) is 13.8 Å². The fourth-order valence-corrected chi connectivity index (χ4v) is 2.78. The van der Waals surface area contributed by atoms with Crippen molar-refractivity contribution in [3.8, 4) is 0 Å². The highest BCUT2D eigenvalue weighted by atomic mass is 16.5. The molecule has 16 heavy (non-hydrogen) atoms. The number of rotatable bonds is 2. The van der Waals surface area contributed by atoms with Crippen LogP contribution in [0.5, 0.6) is 0 Å². The first-order valence-electron chi connectivity index (χ1n) is 5.98. The molecule has 3 rings (SSSR count). The molecule has 0 aromatic rings. The van der Waals surface area contributed by atoms with Crippen molar-refractivity contribution >= 4 is 6.09 Å². The minimum Gasteiger partial charge on any atom is -0.453 e. The van der Waals surface area contributed by atoms with Crippen molar-refractivity contribution in [1.29, 1.82) is 0 Å². The molecule has 1 saturated carbocycles. The number of alkyl carbamates (subject to hydrolysis) is 1. The number of carbonyl (C=O) groups is 1. The first-order chi connectivity index (χ1) is 7.50. The molecule has 0 radical (unpaired) electrons. The van der Waals surface area contributed by atoms with Crippen LogP contribution in [0.25, 0.3) is 0 Å². The Bertz CT molecular complexity index is 259. The Labute approximate surface area is 97.7 Å². The molecule has 2 bridgehead atoms. The van der Waals surface area contributed by atoms with Crippen molar-refractivity contribution in [2.24, 2.45) is 5.41 Å². The maximum absolute atomic E-state index is 11.0. The predicted octanol–water partition coefficient (Wildman–Crippen LogP) is 2.33. The van der Waals surface area contributed by atoms with Crippen LogP contribution in [0.4, 0.5) is 4.79 Å². The summed E-state index contributed by atoms with van der Waals surface area (Å²) in [6.07, 6.45) is 1.74. The van der Waals surface area contributed by atoms with Crippen molar-refractivity contribution in [2.45, 2.75) is 52.2 Å². The summed E-state index contributed by atoms with van der Waals surface area (Å²) < 4.78 is 10.2. The normalized spacial score (nSPS) is 36.6. The molecular weight excluding hydrogens is 206 g/mol. The smallest absolute Gasteiger partial charge is 0.407 e. The number of fused-ring (bicyclic) bond motifs is 1. The number of nitrogens with one attached hydrogen (secondary N) is 1. The molecule has 94 valence electrons. The lowest BCUT2D eigenvalue weighted by atomic mass is 9.60. The Morgan fingerprint density at radius 2 is 2.00 bits per heavy atom.